The van der Waals surface area contributed by atoms with Crippen molar-refractivity contribution in [2.75, 3.05) is 43.1 Å². The Hall–Kier alpha value is -3.09. The van der Waals surface area contributed by atoms with Crippen LogP contribution in [0, 0.1) is 6.92 Å². The quantitative estimate of drug-likeness (QED) is 0.436. The standard InChI is InChI=1S/C24H33N7O4S.ClH/c1-6-21(29(3)24(32)18-11-17(35-4)7-8-19(18)28-36(5,33)34)20-12-22-26-23(15(2)13-31(22)27-20)30-10-9-16(25)14-30;/h7-8,11-13,16,21,28H,6,9-10,14,25H2,1-5H3;1H/t16-,21-;/m0./s1. The Balaban J connectivity index is 0.00000380. The van der Waals surface area contributed by atoms with E-state index in [1.54, 1.807) is 22.5 Å². The average molecular weight is 552 g/mol. The van der Waals surface area contributed by atoms with Crippen LogP contribution in [-0.4, -0.2) is 73.4 Å². The number of methoxy groups -OCH3 is 1. The van der Waals surface area contributed by atoms with Crippen LogP contribution in [0.3, 0.4) is 0 Å². The molecule has 3 N–H and O–H groups in total. The molecule has 1 aliphatic rings. The molecule has 37 heavy (non-hydrogen) atoms. The first-order valence-corrected chi connectivity index (χ1v) is 13.7. The summed E-state index contributed by atoms with van der Waals surface area (Å²) in [7, 11) is -0.422. The number of ether oxygens (including phenoxy) is 1. The fourth-order valence-electron chi connectivity index (χ4n) is 4.61. The monoisotopic (exact) mass is 551 g/mol. The number of benzene rings is 1. The number of halogens is 1. The van der Waals surface area contributed by atoms with E-state index in [1.165, 1.54) is 19.2 Å². The Kier molecular flexibility index (Phi) is 8.56. The lowest BCUT2D eigenvalue weighted by atomic mass is 10.1. The number of sulfonamides is 1. The first-order valence-electron chi connectivity index (χ1n) is 11.8. The third-order valence-electron chi connectivity index (χ3n) is 6.42. The Morgan fingerprint density at radius 1 is 1.35 bits per heavy atom. The van der Waals surface area contributed by atoms with Gasteiger partial charge in [0.05, 0.1) is 36.4 Å². The van der Waals surface area contributed by atoms with Gasteiger partial charge in [-0.2, -0.15) is 5.10 Å². The van der Waals surface area contributed by atoms with Gasteiger partial charge in [-0.1, -0.05) is 6.92 Å². The van der Waals surface area contributed by atoms with Gasteiger partial charge in [0, 0.05) is 44.0 Å². The maximum atomic E-state index is 13.6. The van der Waals surface area contributed by atoms with Gasteiger partial charge in [-0.05, 0) is 38.0 Å². The molecule has 0 bridgehead atoms. The highest BCUT2D eigenvalue weighted by atomic mass is 35.5. The molecular formula is C24H34ClN7O4S. The maximum Gasteiger partial charge on any atom is 0.256 e. The van der Waals surface area contributed by atoms with Gasteiger partial charge in [0.15, 0.2) is 5.65 Å². The molecular weight excluding hydrogens is 518 g/mol. The number of nitrogens with one attached hydrogen (secondary N) is 1. The second-order valence-electron chi connectivity index (χ2n) is 9.24. The molecule has 0 unspecified atom stereocenters. The molecule has 3 heterocycles. The molecule has 0 aliphatic carbocycles. The molecule has 2 atom stereocenters. The van der Waals surface area contributed by atoms with Crippen LogP contribution in [0.25, 0.3) is 5.65 Å². The number of carbonyl (C=O) groups excluding carboxylic acids is 1. The highest BCUT2D eigenvalue weighted by molar-refractivity contribution is 7.92. The summed E-state index contributed by atoms with van der Waals surface area (Å²) in [5, 5.41) is 4.72. The van der Waals surface area contributed by atoms with E-state index in [-0.39, 0.29) is 41.6 Å². The highest BCUT2D eigenvalue weighted by Crippen LogP contribution is 2.30. The fraction of sp³-hybridized carbons (Fsp3) is 0.458. The number of amides is 1. The summed E-state index contributed by atoms with van der Waals surface area (Å²) in [4.78, 5) is 22.2. The molecule has 13 heteroatoms. The number of rotatable bonds is 8. The summed E-state index contributed by atoms with van der Waals surface area (Å²) in [5.41, 5.74) is 8.84. The number of anilines is 2. The van der Waals surface area contributed by atoms with Gasteiger partial charge in [0.1, 0.15) is 11.6 Å². The van der Waals surface area contributed by atoms with Crippen LogP contribution >= 0.6 is 12.4 Å². The predicted molar refractivity (Wildman–Crippen MR) is 146 cm³/mol. The van der Waals surface area contributed by atoms with Crippen molar-refractivity contribution in [1.82, 2.24) is 19.5 Å². The Morgan fingerprint density at radius 3 is 2.68 bits per heavy atom. The molecule has 0 spiro atoms. The number of aromatic nitrogens is 3. The molecule has 1 aromatic carbocycles. The molecule has 0 saturated carbocycles. The summed E-state index contributed by atoms with van der Waals surface area (Å²) in [6.07, 6.45) is 4.51. The lowest BCUT2D eigenvalue weighted by Crippen LogP contribution is -2.32. The van der Waals surface area contributed by atoms with Gasteiger partial charge < -0.3 is 20.3 Å². The maximum absolute atomic E-state index is 13.6. The summed E-state index contributed by atoms with van der Waals surface area (Å²) in [6, 6.07) is 6.32. The zero-order chi connectivity index (χ0) is 26.2. The van der Waals surface area contributed by atoms with Gasteiger partial charge >= 0.3 is 0 Å². The van der Waals surface area contributed by atoms with Crippen molar-refractivity contribution in [3.63, 3.8) is 0 Å². The highest BCUT2D eigenvalue weighted by Gasteiger charge is 2.28. The van der Waals surface area contributed by atoms with Crippen molar-refractivity contribution in [3.8, 4) is 5.75 Å². The summed E-state index contributed by atoms with van der Waals surface area (Å²) in [6.45, 7) is 5.60. The number of aryl methyl sites for hydroxylation is 1. The van der Waals surface area contributed by atoms with E-state index in [9.17, 15) is 13.2 Å². The van der Waals surface area contributed by atoms with Gasteiger partial charge in [-0.15, -0.1) is 12.4 Å². The molecule has 11 nitrogen and oxygen atoms in total. The van der Waals surface area contributed by atoms with Crippen molar-refractivity contribution in [3.05, 3.63) is 47.3 Å². The van der Waals surface area contributed by atoms with Crippen LogP contribution < -0.4 is 20.1 Å². The fourth-order valence-corrected chi connectivity index (χ4v) is 5.19. The summed E-state index contributed by atoms with van der Waals surface area (Å²) >= 11 is 0. The minimum Gasteiger partial charge on any atom is -0.497 e. The number of fused-ring (bicyclic) bond motifs is 1. The number of hydrogen-bond donors (Lipinski definition) is 2. The van der Waals surface area contributed by atoms with E-state index >= 15 is 0 Å². The molecule has 3 aromatic rings. The lowest BCUT2D eigenvalue weighted by molar-refractivity contribution is 0.0723. The molecule has 4 rings (SSSR count). The third-order valence-corrected chi connectivity index (χ3v) is 7.01. The van der Waals surface area contributed by atoms with Gasteiger partial charge in [0.25, 0.3) is 5.91 Å². The second kappa shape index (κ2) is 11.1. The molecule has 2 aromatic heterocycles. The lowest BCUT2D eigenvalue weighted by Gasteiger charge is -2.27. The topological polar surface area (TPSA) is 135 Å². The Morgan fingerprint density at radius 2 is 2.08 bits per heavy atom. The number of hydrogen-bond acceptors (Lipinski definition) is 8. The largest absolute Gasteiger partial charge is 0.497 e. The van der Waals surface area contributed by atoms with Crippen molar-refractivity contribution >= 4 is 45.5 Å². The van der Waals surface area contributed by atoms with Crippen molar-refractivity contribution < 1.29 is 17.9 Å². The number of nitrogens with two attached hydrogens (primary N) is 1. The second-order valence-corrected chi connectivity index (χ2v) is 11.0. The van der Waals surface area contributed by atoms with Crippen LogP contribution in [0.2, 0.25) is 0 Å². The molecule has 1 fully saturated rings. The normalized spacial score (nSPS) is 16.4. The minimum atomic E-state index is -3.59. The minimum absolute atomic E-state index is 0. The van der Waals surface area contributed by atoms with Crippen LogP contribution in [0.15, 0.2) is 30.5 Å². The van der Waals surface area contributed by atoms with Crippen molar-refractivity contribution in [1.29, 1.82) is 0 Å². The molecule has 202 valence electrons. The number of carbonyl (C=O) groups is 1. The van der Waals surface area contributed by atoms with Crippen LogP contribution in [0.4, 0.5) is 11.5 Å². The summed E-state index contributed by atoms with van der Waals surface area (Å²) in [5.74, 6) is 0.979. The van der Waals surface area contributed by atoms with Crippen LogP contribution in [0.1, 0.15) is 47.4 Å². The van der Waals surface area contributed by atoms with E-state index < -0.39 is 10.0 Å². The predicted octanol–water partition coefficient (Wildman–Crippen LogP) is 2.60. The van der Waals surface area contributed by atoms with E-state index in [0.717, 1.165) is 37.1 Å². The number of nitrogens with zero attached hydrogens (tertiary/aromatic N) is 5. The van der Waals surface area contributed by atoms with Gasteiger partial charge in [-0.25, -0.2) is 17.9 Å². The van der Waals surface area contributed by atoms with Gasteiger partial charge in [0.2, 0.25) is 10.0 Å². The van der Waals surface area contributed by atoms with Crippen molar-refractivity contribution in [2.45, 2.75) is 38.8 Å². The van der Waals surface area contributed by atoms with Crippen LogP contribution in [0.5, 0.6) is 5.75 Å². The van der Waals surface area contributed by atoms with E-state index in [1.807, 2.05) is 26.1 Å². The Labute approximate surface area is 223 Å². The van der Waals surface area contributed by atoms with E-state index in [0.29, 0.717) is 23.5 Å². The summed E-state index contributed by atoms with van der Waals surface area (Å²) < 4.78 is 33.2. The first-order chi connectivity index (χ1) is 17.0. The average Bonchev–Trinajstić information content (AvgIpc) is 3.43. The van der Waals surface area contributed by atoms with Gasteiger partial charge in [-0.3, -0.25) is 9.52 Å². The molecule has 1 amide bonds. The van der Waals surface area contributed by atoms with Crippen LogP contribution in [-0.2, 0) is 10.0 Å². The zero-order valence-electron chi connectivity index (χ0n) is 21.6. The molecule has 1 saturated heterocycles. The first kappa shape index (κ1) is 28.5. The smallest absolute Gasteiger partial charge is 0.256 e. The van der Waals surface area contributed by atoms with E-state index in [2.05, 4.69) is 9.62 Å². The third kappa shape index (κ3) is 6.08. The molecule has 0 radical (unpaired) electrons. The SMILES string of the molecule is CC[C@@H](c1cc2nc(N3CC[C@H](N)C3)c(C)cn2n1)N(C)C(=O)c1cc(OC)ccc1NS(C)(=O)=O.Cl. The van der Waals surface area contributed by atoms with E-state index in [4.69, 9.17) is 20.6 Å². The zero-order valence-corrected chi connectivity index (χ0v) is 23.3. The van der Waals surface area contributed by atoms with Crippen molar-refractivity contribution in [2.24, 2.45) is 5.73 Å². The Bertz CT molecular complexity index is 1400. The molecule has 1 aliphatic heterocycles.